The highest BCUT2D eigenvalue weighted by Gasteiger charge is 2.63. The lowest BCUT2D eigenvalue weighted by Crippen LogP contribution is -2.58. The minimum atomic E-state index is -0.0955. The molecular formula is C25H47O2P. The van der Waals surface area contributed by atoms with Crippen LogP contribution in [0.5, 0.6) is 0 Å². The third kappa shape index (κ3) is 3.33. The second kappa shape index (κ2) is 8.47. The van der Waals surface area contributed by atoms with Gasteiger partial charge in [0, 0.05) is 9.47 Å². The van der Waals surface area contributed by atoms with Crippen LogP contribution in [0, 0.1) is 46.3 Å². The first-order chi connectivity index (χ1) is 12.9. The molecule has 1 unspecified atom stereocenters. The lowest BCUT2D eigenvalue weighted by molar-refractivity contribution is -0.173. The molecule has 11 atom stereocenters. The third-order valence-corrected chi connectivity index (χ3v) is 10.8. The van der Waals surface area contributed by atoms with Crippen LogP contribution < -0.4 is 0 Å². The zero-order chi connectivity index (χ0) is 19.4. The highest BCUT2D eigenvalue weighted by Crippen LogP contribution is 2.68. The molecule has 4 fully saturated rings. The monoisotopic (exact) mass is 410 g/mol. The Morgan fingerprint density at radius 1 is 1.07 bits per heavy atom. The predicted octanol–water partition coefficient (Wildman–Crippen LogP) is 6.86. The molecule has 0 aromatic rings. The number of rotatable bonds is 4. The molecule has 0 saturated heterocycles. The van der Waals surface area contributed by atoms with Crippen molar-refractivity contribution in [3.05, 3.63) is 0 Å². The van der Waals surface area contributed by atoms with Crippen LogP contribution in [0.1, 0.15) is 99.3 Å². The third-order valence-electron chi connectivity index (χ3n) is 10.4. The highest BCUT2D eigenvalue weighted by atomic mass is 31.0. The van der Waals surface area contributed by atoms with Crippen molar-refractivity contribution in [1.82, 2.24) is 0 Å². The summed E-state index contributed by atoms with van der Waals surface area (Å²) in [5.41, 5.74) is 0.595. The Kier molecular flexibility index (Phi) is 6.96. The van der Waals surface area contributed by atoms with E-state index in [0.29, 0.717) is 11.5 Å². The number of fused-ring (bicyclic) bond motifs is 5. The van der Waals surface area contributed by atoms with Gasteiger partial charge in [0.25, 0.3) is 0 Å². The van der Waals surface area contributed by atoms with E-state index in [4.69, 9.17) is 4.52 Å². The first-order valence-electron chi connectivity index (χ1n) is 11.9. The van der Waals surface area contributed by atoms with Crippen LogP contribution in [-0.2, 0) is 4.52 Å². The molecule has 0 heterocycles. The van der Waals surface area contributed by atoms with Crippen molar-refractivity contribution in [3.8, 4) is 0 Å². The molecule has 164 valence electrons. The quantitative estimate of drug-likeness (QED) is 0.513. The maximum absolute atomic E-state index is 11.5. The Bertz CT molecular complexity index is 539. The second-order valence-electron chi connectivity index (χ2n) is 11.3. The van der Waals surface area contributed by atoms with Gasteiger partial charge in [-0.2, -0.15) is 0 Å². The molecule has 2 nitrogen and oxygen atoms in total. The summed E-state index contributed by atoms with van der Waals surface area (Å²) >= 11 is 0. The van der Waals surface area contributed by atoms with E-state index in [1.165, 1.54) is 57.8 Å². The first kappa shape index (κ1) is 23.0. The molecule has 0 radical (unpaired) electrons. The van der Waals surface area contributed by atoms with Gasteiger partial charge in [-0.05, 0) is 97.7 Å². The maximum Gasteiger partial charge on any atom is 0.0614 e. The number of aliphatic hydroxyl groups is 1. The largest absolute Gasteiger partial charge is 0.393 e. The van der Waals surface area contributed by atoms with Crippen LogP contribution in [0.25, 0.3) is 0 Å². The lowest BCUT2D eigenvalue weighted by Gasteiger charge is -2.62. The molecule has 0 bridgehead atoms. The van der Waals surface area contributed by atoms with Gasteiger partial charge in [0.15, 0.2) is 0 Å². The van der Waals surface area contributed by atoms with E-state index in [-0.39, 0.29) is 18.9 Å². The van der Waals surface area contributed by atoms with Gasteiger partial charge in [0.2, 0.25) is 0 Å². The Morgan fingerprint density at radius 2 is 1.82 bits per heavy atom. The fourth-order valence-corrected chi connectivity index (χ4v) is 9.17. The molecule has 1 N–H and O–H groups in total. The van der Waals surface area contributed by atoms with E-state index in [2.05, 4.69) is 37.2 Å². The summed E-state index contributed by atoms with van der Waals surface area (Å²) in [6, 6.07) is 0. The van der Waals surface area contributed by atoms with Gasteiger partial charge in [-0.1, -0.05) is 48.0 Å². The molecule has 0 aromatic carbocycles. The van der Waals surface area contributed by atoms with E-state index in [0.717, 1.165) is 41.9 Å². The van der Waals surface area contributed by atoms with Gasteiger partial charge < -0.3 is 9.63 Å². The Balaban J connectivity index is 0.00000225. The van der Waals surface area contributed by atoms with Crippen LogP contribution in [0.4, 0.5) is 0 Å². The van der Waals surface area contributed by atoms with Crippen molar-refractivity contribution in [2.45, 2.75) is 112 Å². The average molecular weight is 411 g/mol. The summed E-state index contributed by atoms with van der Waals surface area (Å²) in [4.78, 5) is 0. The Hall–Kier alpha value is 0.350. The first-order valence-corrected chi connectivity index (χ1v) is 12.4. The van der Waals surface area contributed by atoms with Crippen LogP contribution in [-0.4, -0.2) is 17.3 Å². The van der Waals surface area contributed by atoms with Crippen LogP contribution >= 0.6 is 9.47 Å². The van der Waals surface area contributed by atoms with Crippen LogP contribution in [0.2, 0.25) is 0 Å². The summed E-state index contributed by atoms with van der Waals surface area (Å²) < 4.78 is 5.66. The molecule has 0 spiro atoms. The fourth-order valence-electron chi connectivity index (χ4n) is 8.92. The van der Waals surface area contributed by atoms with Crippen LogP contribution in [0.15, 0.2) is 0 Å². The normalized spacial score (nSPS) is 51.4. The van der Waals surface area contributed by atoms with Crippen molar-refractivity contribution in [1.29, 1.82) is 0 Å². The van der Waals surface area contributed by atoms with Gasteiger partial charge >= 0.3 is 0 Å². The van der Waals surface area contributed by atoms with Crippen molar-refractivity contribution in [2.75, 3.05) is 0 Å². The molecule has 0 aromatic heterocycles. The summed E-state index contributed by atoms with van der Waals surface area (Å²) in [7, 11) is 2.50. The number of hydrogen-bond donors (Lipinski definition) is 1. The highest BCUT2D eigenvalue weighted by molar-refractivity contribution is 7.09. The van der Waals surface area contributed by atoms with E-state index >= 15 is 0 Å². The zero-order valence-electron chi connectivity index (χ0n) is 18.1. The standard InChI is InChI=1S/C24H43O2P.CH4/c1-5-6-15(2)19-9-10-20-18-8-7-16-13-17(26-27)11-12-23(16,3)21(18)14-22(25)24(19,20)4;/h15-22,25H,5-14,27H2,1-4H3;1H4/t15-,16-,17-,18+,19-,20+,21+,22+,23+,24-;/m1./s1. The summed E-state index contributed by atoms with van der Waals surface area (Å²) in [5.74, 6) is 4.62. The summed E-state index contributed by atoms with van der Waals surface area (Å²) in [5, 5.41) is 11.5. The molecule has 0 amide bonds. The van der Waals surface area contributed by atoms with Crippen molar-refractivity contribution < 1.29 is 9.63 Å². The minimum Gasteiger partial charge on any atom is -0.393 e. The van der Waals surface area contributed by atoms with Gasteiger partial charge in [-0.3, -0.25) is 0 Å². The molecule has 3 heteroatoms. The Labute approximate surface area is 177 Å². The van der Waals surface area contributed by atoms with Gasteiger partial charge in [-0.15, -0.1) is 0 Å². The van der Waals surface area contributed by atoms with Crippen molar-refractivity contribution in [2.24, 2.45) is 46.3 Å². The lowest BCUT2D eigenvalue weighted by atomic mass is 9.43. The summed E-state index contributed by atoms with van der Waals surface area (Å²) in [6.45, 7) is 9.84. The van der Waals surface area contributed by atoms with Gasteiger partial charge in [0.05, 0.1) is 12.2 Å². The SMILES string of the molecule is C.CCC[C@@H](C)[C@H]1CC[C@H]2[C@@H]3CC[C@@H]4C[C@H](OP)CC[C@]4(C)[C@H]3C[C@H](O)[C@]12C. The molecule has 4 aliphatic carbocycles. The van der Waals surface area contributed by atoms with Crippen LogP contribution in [0.3, 0.4) is 0 Å². The van der Waals surface area contributed by atoms with E-state index in [1.54, 1.807) is 0 Å². The molecule has 4 rings (SSSR count). The van der Waals surface area contributed by atoms with Gasteiger partial charge in [-0.25, -0.2) is 0 Å². The Morgan fingerprint density at radius 3 is 2.50 bits per heavy atom. The average Bonchev–Trinajstić information content (AvgIpc) is 3.01. The molecule has 28 heavy (non-hydrogen) atoms. The maximum atomic E-state index is 11.5. The van der Waals surface area contributed by atoms with Crippen molar-refractivity contribution >= 4 is 9.47 Å². The predicted molar refractivity (Wildman–Crippen MR) is 122 cm³/mol. The fraction of sp³-hybridized carbons (Fsp3) is 1.00. The zero-order valence-corrected chi connectivity index (χ0v) is 19.3. The van der Waals surface area contributed by atoms with Crippen molar-refractivity contribution in [3.63, 3.8) is 0 Å². The molecular weight excluding hydrogens is 363 g/mol. The molecule has 4 aliphatic rings. The summed E-state index contributed by atoms with van der Waals surface area (Å²) in [6.07, 6.45) is 13.2. The van der Waals surface area contributed by atoms with E-state index in [9.17, 15) is 5.11 Å². The minimum absolute atomic E-state index is 0. The molecule has 0 aliphatic heterocycles. The number of hydrogen-bond acceptors (Lipinski definition) is 2. The topological polar surface area (TPSA) is 29.5 Å². The van der Waals surface area contributed by atoms with Gasteiger partial charge in [0.1, 0.15) is 0 Å². The number of aliphatic hydroxyl groups excluding tert-OH is 1. The smallest absolute Gasteiger partial charge is 0.0614 e. The van der Waals surface area contributed by atoms with E-state index < -0.39 is 0 Å². The van der Waals surface area contributed by atoms with E-state index in [1.807, 2.05) is 0 Å². The molecule has 4 saturated carbocycles. The second-order valence-corrected chi connectivity index (χ2v) is 11.5.